The third-order valence-electron chi connectivity index (χ3n) is 2.09. The van der Waals surface area contributed by atoms with Gasteiger partial charge in [0.2, 0.25) is 0 Å². The van der Waals surface area contributed by atoms with Crippen molar-refractivity contribution in [1.82, 2.24) is 0 Å². The summed E-state index contributed by atoms with van der Waals surface area (Å²) in [6, 6.07) is 4.43. The first-order valence-corrected chi connectivity index (χ1v) is 5.24. The third-order valence-corrected chi connectivity index (χ3v) is 2.44. The van der Waals surface area contributed by atoms with Gasteiger partial charge >= 0.3 is 5.97 Å². The van der Waals surface area contributed by atoms with E-state index < -0.39 is 12.1 Å². The Kier molecular flexibility index (Phi) is 4.58. The Morgan fingerprint density at radius 1 is 1.56 bits per heavy atom. The molecule has 0 aromatic heterocycles. The van der Waals surface area contributed by atoms with Crippen molar-refractivity contribution in [3.8, 4) is 5.75 Å². The van der Waals surface area contributed by atoms with Crippen LogP contribution in [0.5, 0.6) is 5.75 Å². The summed E-state index contributed by atoms with van der Waals surface area (Å²) in [6.07, 6.45) is -0.727. The summed E-state index contributed by atoms with van der Waals surface area (Å²) < 4.78 is 5.07. The van der Waals surface area contributed by atoms with E-state index in [0.29, 0.717) is 17.2 Å². The number of carboxylic acid groups (broad SMARTS) is 1. The van der Waals surface area contributed by atoms with Gasteiger partial charge in [0.1, 0.15) is 5.75 Å². The van der Waals surface area contributed by atoms with Gasteiger partial charge in [-0.3, -0.25) is 0 Å². The van der Waals surface area contributed by atoms with Gasteiger partial charge < -0.3 is 14.9 Å². The molecule has 2 N–H and O–H groups in total. The normalized spacial score (nSPS) is 12.4. The molecule has 16 heavy (non-hydrogen) atoms. The summed E-state index contributed by atoms with van der Waals surface area (Å²) in [5.74, 6) is -0.969. The summed E-state index contributed by atoms with van der Waals surface area (Å²) in [5, 5.41) is 18.4. The zero-order valence-corrected chi connectivity index (χ0v) is 9.57. The maximum atomic E-state index is 10.9. The lowest BCUT2D eigenvalue weighted by atomic mass is 10.1. The molecule has 0 bridgehead atoms. The minimum atomic E-state index is -1.02. The third kappa shape index (κ3) is 3.40. The zero-order valence-electron chi connectivity index (χ0n) is 8.81. The average Bonchev–Trinajstić information content (AvgIpc) is 2.20. The van der Waals surface area contributed by atoms with Crippen molar-refractivity contribution in [3.05, 3.63) is 28.8 Å². The van der Waals surface area contributed by atoms with Crippen LogP contribution in [0.3, 0.4) is 0 Å². The summed E-state index contributed by atoms with van der Waals surface area (Å²) in [7, 11) is 0. The second-order valence-corrected chi connectivity index (χ2v) is 3.67. The van der Waals surface area contributed by atoms with Crippen LogP contribution < -0.4 is 0 Å². The highest BCUT2D eigenvalue weighted by Gasteiger charge is 2.19. The van der Waals surface area contributed by atoms with E-state index >= 15 is 0 Å². The van der Waals surface area contributed by atoms with Gasteiger partial charge in [-0.05, 0) is 24.6 Å². The fraction of sp³-hybridized carbons (Fsp3) is 0.364. The molecule has 5 heteroatoms. The summed E-state index contributed by atoms with van der Waals surface area (Å²) in [6.45, 7) is 2.06. The number of phenolic OH excluding ortho intramolecular Hbond substituents is 1. The molecule has 0 saturated carbocycles. The number of benzene rings is 1. The van der Waals surface area contributed by atoms with Gasteiger partial charge in [0.25, 0.3) is 0 Å². The number of rotatable bonds is 5. The Bertz CT molecular complexity index is 378. The Hall–Kier alpha value is -1.26. The first kappa shape index (κ1) is 12.8. The highest BCUT2D eigenvalue weighted by atomic mass is 35.5. The number of ether oxygens (including phenoxy) is 1. The predicted molar refractivity (Wildman–Crippen MR) is 59.9 cm³/mol. The first-order valence-electron chi connectivity index (χ1n) is 4.86. The summed E-state index contributed by atoms with van der Waals surface area (Å²) in [4.78, 5) is 10.9. The number of phenols is 1. The van der Waals surface area contributed by atoms with Gasteiger partial charge in [-0.15, -0.1) is 0 Å². The molecule has 1 aromatic rings. The Balaban J connectivity index is 2.81. The fourth-order valence-corrected chi connectivity index (χ4v) is 1.57. The Labute approximate surface area is 98.4 Å². The molecule has 1 rings (SSSR count). The van der Waals surface area contributed by atoms with Crippen molar-refractivity contribution in [2.45, 2.75) is 19.4 Å². The number of halogens is 1. The smallest absolute Gasteiger partial charge is 0.333 e. The number of carboxylic acids is 1. The van der Waals surface area contributed by atoms with E-state index in [4.69, 9.17) is 26.6 Å². The van der Waals surface area contributed by atoms with Gasteiger partial charge in [0.05, 0.1) is 0 Å². The van der Waals surface area contributed by atoms with Crippen LogP contribution in [-0.2, 0) is 16.0 Å². The molecule has 0 aliphatic heterocycles. The van der Waals surface area contributed by atoms with Gasteiger partial charge in [-0.25, -0.2) is 4.79 Å². The van der Waals surface area contributed by atoms with Crippen LogP contribution in [-0.4, -0.2) is 28.9 Å². The SMILES string of the molecule is CCO[C@@H](Cc1ccc(O)cc1Cl)C(=O)O. The number of carbonyl (C=O) groups is 1. The molecule has 1 aromatic carbocycles. The van der Waals surface area contributed by atoms with E-state index in [2.05, 4.69) is 0 Å². The van der Waals surface area contributed by atoms with Gasteiger partial charge in [-0.1, -0.05) is 17.7 Å². The molecule has 0 aliphatic carbocycles. The Morgan fingerprint density at radius 2 is 2.25 bits per heavy atom. The fourth-order valence-electron chi connectivity index (χ4n) is 1.32. The topological polar surface area (TPSA) is 66.8 Å². The van der Waals surface area contributed by atoms with Crippen LogP contribution >= 0.6 is 11.6 Å². The van der Waals surface area contributed by atoms with Crippen LogP contribution in [0.2, 0.25) is 5.02 Å². The second-order valence-electron chi connectivity index (χ2n) is 3.26. The minimum absolute atomic E-state index is 0.0528. The van der Waals surface area contributed by atoms with E-state index in [1.165, 1.54) is 12.1 Å². The lowest BCUT2D eigenvalue weighted by Crippen LogP contribution is -2.26. The summed E-state index contributed by atoms with van der Waals surface area (Å²) >= 11 is 5.87. The van der Waals surface area contributed by atoms with E-state index in [9.17, 15) is 4.79 Å². The van der Waals surface area contributed by atoms with E-state index in [0.717, 1.165) is 0 Å². The maximum Gasteiger partial charge on any atom is 0.333 e. The monoisotopic (exact) mass is 244 g/mol. The van der Waals surface area contributed by atoms with Crippen LogP contribution in [0.15, 0.2) is 18.2 Å². The average molecular weight is 245 g/mol. The molecule has 0 spiro atoms. The molecular weight excluding hydrogens is 232 g/mol. The lowest BCUT2D eigenvalue weighted by molar-refractivity contribution is -0.149. The number of hydrogen-bond acceptors (Lipinski definition) is 3. The van der Waals surface area contributed by atoms with Gasteiger partial charge in [0, 0.05) is 18.1 Å². The lowest BCUT2D eigenvalue weighted by Gasteiger charge is -2.13. The van der Waals surface area contributed by atoms with Crippen LogP contribution in [0.25, 0.3) is 0 Å². The van der Waals surface area contributed by atoms with Gasteiger partial charge in [-0.2, -0.15) is 0 Å². The highest BCUT2D eigenvalue weighted by Crippen LogP contribution is 2.23. The van der Waals surface area contributed by atoms with Crippen molar-refractivity contribution >= 4 is 17.6 Å². The minimum Gasteiger partial charge on any atom is -0.508 e. The molecule has 0 fully saturated rings. The Morgan fingerprint density at radius 3 is 2.75 bits per heavy atom. The van der Waals surface area contributed by atoms with Gasteiger partial charge in [0.15, 0.2) is 6.10 Å². The molecule has 4 nitrogen and oxygen atoms in total. The van der Waals surface area contributed by atoms with Crippen molar-refractivity contribution in [1.29, 1.82) is 0 Å². The zero-order chi connectivity index (χ0) is 12.1. The molecule has 0 aliphatic rings. The second kappa shape index (κ2) is 5.72. The molecule has 0 unspecified atom stereocenters. The van der Waals surface area contributed by atoms with Crippen molar-refractivity contribution < 1.29 is 19.7 Å². The largest absolute Gasteiger partial charge is 0.508 e. The van der Waals surface area contributed by atoms with Crippen molar-refractivity contribution in [2.24, 2.45) is 0 Å². The molecule has 1 atom stereocenters. The molecule has 0 amide bonds. The standard InChI is InChI=1S/C11H13ClO4/c1-2-16-10(11(14)15)5-7-3-4-8(13)6-9(7)12/h3-4,6,10,13H,2,5H2,1H3,(H,14,15)/t10-/m0/s1. The van der Waals surface area contributed by atoms with Crippen LogP contribution in [0.1, 0.15) is 12.5 Å². The number of aromatic hydroxyl groups is 1. The van der Waals surface area contributed by atoms with E-state index in [-0.39, 0.29) is 12.2 Å². The number of aliphatic carboxylic acids is 1. The highest BCUT2D eigenvalue weighted by molar-refractivity contribution is 6.31. The summed E-state index contributed by atoms with van der Waals surface area (Å²) in [5.41, 5.74) is 0.639. The molecule has 0 saturated heterocycles. The predicted octanol–water partition coefficient (Wildman–Crippen LogP) is 2.08. The van der Waals surface area contributed by atoms with Crippen molar-refractivity contribution in [3.63, 3.8) is 0 Å². The van der Waals surface area contributed by atoms with E-state index in [1.807, 2.05) is 0 Å². The van der Waals surface area contributed by atoms with Crippen molar-refractivity contribution in [2.75, 3.05) is 6.61 Å². The molecular formula is C11H13ClO4. The van der Waals surface area contributed by atoms with Crippen LogP contribution in [0, 0.1) is 0 Å². The molecule has 88 valence electrons. The van der Waals surface area contributed by atoms with Crippen LogP contribution in [0.4, 0.5) is 0 Å². The maximum absolute atomic E-state index is 10.9. The quantitative estimate of drug-likeness (QED) is 0.832. The first-order chi connectivity index (χ1) is 7.54. The van der Waals surface area contributed by atoms with E-state index in [1.54, 1.807) is 13.0 Å². The number of hydrogen-bond donors (Lipinski definition) is 2. The molecule has 0 radical (unpaired) electrons. The molecule has 0 heterocycles.